The molecule has 0 saturated carbocycles. The Hall–Kier alpha value is -1.93. The zero-order valence-corrected chi connectivity index (χ0v) is 16.4. The van der Waals surface area contributed by atoms with Gasteiger partial charge >= 0.3 is 0 Å². The number of ether oxygens (including phenoxy) is 1. The van der Waals surface area contributed by atoms with Crippen LogP contribution in [0.25, 0.3) is 0 Å². The van der Waals surface area contributed by atoms with Crippen LogP contribution >= 0.6 is 11.6 Å². The quantitative estimate of drug-likeness (QED) is 0.767. The third-order valence-corrected chi connectivity index (χ3v) is 6.06. The molecule has 0 aromatic heterocycles. The van der Waals surface area contributed by atoms with Crippen LogP contribution in [0.3, 0.4) is 0 Å². The van der Waals surface area contributed by atoms with Crippen LogP contribution in [0, 0.1) is 6.92 Å². The number of sulfonamides is 1. The molecule has 1 aliphatic rings. The SMILES string of the molecule is Cc1cc(S(=O)(=O)NC[C@@H]2CCCO2)ccc1NC(=O)c1ccc(Cl)cc1. The van der Waals surface area contributed by atoms with E-state index in [0.717, 1.165) is 12.8 Å². The number of hydrogen-bond donors (Lipinski definition) is 2. The fraction of sp³-hybridized carbons (Fsp3) is 0.316. The molecule has 0 bridgehead atoms. The molecule has 1 heterocycles. The summed E-state index contributed by atoms with van der Waals surface area (Å²) in [5, 5.41) is 3.33. The maximum Gasteiger partial charge on any atom is 0.255 e. The molecule has 2 aromatic carbocycles. The van der Waals surface area contributed by atoms with Gasteiger partial charge in [0.2, 0.25) is 10.0 Å². The summed E-state index contributed by atoms with van der Waals surface area (Å²) in [6.07, 6.45) is 1.74. The lowest BCUT2D eigenvalue weighted by atomic mass is 10.1. The number of halogens is 1. The molecule has 1 fully saturated rings. The van der Waals surface area contributed by atoms with E-state index in [1.807, 2.05) is 0 Å². The third-order valence-electron chi connectivity index (χ3n) is 4.39. The highest BCUT2D eigenvalue weighted by Gasteiger charge is 2.21. The van der Waals surface area contributed by atoms with E-state index >= 15 is 0 Å². The Bertz CT molecular complexity index is 923. The number of carbonyl (C=O) groups excluding carboxylic acids is 1. The first-order valence-corrected chi connectivity index (χ1v) is 10.5. The lowest BCUT2D eigenvalue weighted by Gasteiger charge is -2.13. The first kappa shape index (κ1) is 19.8. The minimum absolute atomic E-state index is 0.0705. The predicted octanol–water partition coefficient (Wildman–Crippen LogP) is 3.36. The maximum absolute atomic E-state index is 12.5. The molecule has 3 rings (SSSR count). The number of anilines is 1. The molecule has 0 radical (unpaired) electrons. The van der Waals surface area contributed by atoms with Gasteiger partial charge in [0.05, 0.1) is 11.0 Å². The first-order chi connectivity index (χ1) is 12.8. The molecule has 1 amide bonds. The van der Waals surface area contributed by atoms with Crippen LogP contribution in [-0.2, 0) is 14.8 Å². The molecule has 6 nitrogen and oxygen atoms in total. The van der Waals surface area contributed by atoms with Crippen molar-refractivity contribution in [2.24, 2.45) is 0 Å². The van der Waals surface area contributed by atoms with Crippen molar-refractivity contribution in [2.75, 3.05) is 18.5 Å². The standard InChI is InChI=1S/C19H21ClN2O4S/c1-13-11-17(27(24,25)21-12-16-3-2-10-26-16)8-9-18(13)22-19(23)14-4-6-15(20)7-5-14/h4-9,11,16,21H,2-3,10,12H2,1H3,(H,22,23)/t16-/m0/s1. The van der Waals surface area contributed by atoms with Gasteiger partial charge in [0.1, 0.15) is 0 Å². The summed E-state index contributed by atoms with van der Waals surface area (Å²) >= 11 is 5.83. The molecule has 2 N–H and O–H groups in total. The topological polar surface area (TPSA) is 84.5 Å². The van der Waals surface area contributed by atoms with E-state index in [1.54, 1.807) is 37.3 Å². The van der Waals surface area contributed by atoms with E-state index in [0.29, 0.717) is 28.4 Å². The summed E-state index contributed by atoms with van der Waals surface area (Å²) in [7, 11) is -3.63. The third kappa shape index (κ3) is 5.07. The molecule has 2 aromatic rings. The normalized spacial score (nSPS) is 17.0. The fourth-order valence-electron chi connectivity index (χ4n) is 2.83. The van der Waals surface area contributed by atoms with E-state index < -0.39 is 10.0 Å². The van der Waals surface area contributed by atoms with Gasteiger partial charge in [-0.25, -0.2) is 13.1 Å². The highest BCUT2D eigenvalue weighted by molar-refractivity contribution is 7.89. The molecular formula is C19H21ClN2O4S. The molecule has 1 aliphatic heterocycles. The van der Waals surface area contributed by atoms with Crippen LogP contribution in [0.4, 0.5) is 5.69 Å². The predicted molar refractivity (Wildman–Crippen MR) is 105 cm³/mol. The molecule has 8 heteroatoms. The molecule has 144 valence electrons. The summed E-state index contributed by atoms with van der Waals surface area (Å²) in [4.78, 5) is 12.5. The largest absolute Gasteiger partial charge is 0.377 e. The van der Waals surface area contributed by atoms with Gasteiger partial charge in [-0.3, -0.25) is 4.79 Å². The Labute approximate surface area is 163 Å². The number of nitrogens with one attached hydrogen (secondary N) is 2. The molecule has 1 saturated heterocycles. The lowest BCUT2D eigenvalue weighted by molar-refractivity contribution is 0.102. The van der Waals surface area contributed by atoms with Crippen molar-refractivity contribution in [3.8, 4) is 0 Å². The van der Waals surface area contributed by atoms with Crippen molar-refractivity contribution in [1.82, 2.24) is 4.72 Å². The van der Waals surface area contributed by atoms with Gasteiger partial charge in [0, 0.05) is 29.4 Å². The molecule has 0 spiro atoms. The van der Waals surface area contributed by atoms with Crippen molar-refractivity contribution in [1.29, 1.82) is 0 Å². The van der Waals surface area contributed by atoms with Gasteiger partial charge in [0.25, 0.3) is 5.91 Å². The van der Waals surface area contributed by atoms with Crippen LogP contribution in [0.15, 0.2) is 47.4 Å². The van der Waals surface area contributed by atoms with Crippen LogP contribution in [0.1, 0.15) is 28.8 Å². The van der Waals surface area contributed by atoms with Crippen molar-refractivity contribution in [2.45, 2.75) is 30.8 Å². The molecular weight excluding hydrogens is 388 g/mol. The van der Waals surface area contributed by atoms with Crippen molar-refractivity contribution in [3.05, 3.63) is 58.6 Å². The number of carbonyl (C=O) groups is 1. The van der Waals surface area contributed by atoms with E-state index in [2.05, 4.69) is 10.0 Å². The van der Waals surface area contributed by atoms with Gasteiger partial charge in [-0.1, -0.05) is 11.6 Å². The minimum Gasteiger partial charge on any atom is -0.377 e. The van der Waals surface area contributed by atoms with Crippen LogP contribution < -0.4 is 10.0 Å². The Morgan fingerprint density at radius 2 is 1.96 bits per heavy atom. The Balaban J connectivity index is 1.69. The molecule has 0 unspecified atom stereocenters. The Morgan fingerprint density at radius 1 is 1.22 bits per heavy atom. The summed E-state index contributed by atoms with van der Waals surface area (Å²) in [5.41, 5.74) is 1.67. The van der Waals surface area contributed by atoms with E-state index in [4.69, 9.17) is 16.3 Å². The Kier molecular flexibility index (Phi) is 6.16. The second-order valence-electron chi connectivity index (χ2n) is 6.42. The van der Waals surface area contributed by atoms with Crippen LogP contribution in [0.5, 0.6) is 0 Å². The van der Waals surface area contributed by atoms with Gasteiger partial charge in [-0.15, -0.1) is 0 Å². The number of benzene rings is 2. The van der Waals surface area contributed by atoms with Crippen molar-refractivity contribution < 1.29 is 17.9 Å². The van der Waals surface area contributed by atoms with Gasteiger partial charge in [0.15, 0.2) is 0 Å². The van der Waals surface area contributed by atoms with Crippen molar-refractivity contribution >= 4 is 33.2 Å². The van der Waals surface area contributed by atoms with Gasteiger partial charge in [-0.05, 0) is 67.8 Å². The average molecular weight is 409 g/mol. The summed E-state index contributed by atoms with van der Waals surface area (Å²) in [6.45, 7) is 2.68. The molecule has 1 atom stereocenters. The maximum atomic E-state index is 12.5. The minimum atomic E-state index is -3.63. The summed E-state index contributed by atoms with van der Waals surface area (Å²) < 4.78 is 32.9. The lowest BCUT2D eigenvalue weighted by Crippen LogP contribution is -2.31. The Morgan fingerprint density at radius 3 is 2.59 bits per heavy atom. The molecule has 0 aliphatic carbocycles. The number of rotatable bonds is 6. The van der Waals surface area contributed by atoms with E-state index in [1.165, 1.54) is 12.1 Å². The summed E-state index contributed by atoms with van der Waals surface area (Å²) in [6, 6.07) is 11.1. The second kappa shape index (κ2) is 8.39. The van der Waals surface area contributed by atoms with Gasteiger partial charge in [-0.2, -0.15) is 0 Å². The van der Waals surface area contributed by atoms with E-state index in [9.17, 15) is 13.2 Å². The number of hydrogen-bond acceptors (Lipinski definition) is 4. The van der Waals surface area contributed by atoms with E-state index in [-0.39, 0.29) is 23.5 Å². The second-order valence-corrected chi connectivity index (χ2v) is 8.63. The fourth-order valence-corrected chi connectivity index (χ4v) is 4.11. The first-order valence-electron chi connectivity index (χ1n) is 8.64. The smallest absolute Gasteiger partial charge is 0.255 e. The van der Waals surface area contributed by atoms with Crippen LogP contribution in [-0.4, -0.2) is 33.6 Å². The van der Waals surface area contributed by atoms with Crippen LogP contribution in [0.2, 0.25) is 5.02 Å². The van der Waals surface area contributed by atoms with Gasteiger partial charge < -0.3 is 10.1 Å². The zero-order valence-electron chi connectivity index (χ0n) is 14.9. The highest BCUT2D eigenvalue weighted by atomic mass is 35.5. The zero-order chi connectivity index (χ0) is 19.4. The highest BCUT2D eigenvalue weighted by Crippen LogP contribution is 2.21. The average Bonchev–Trinajstić information content (AvgIpc) is 3.16. The number of aryl methyl sites for hydroxylation is 1. The summed E-state index contributed by atoms with van der Waals surface area (Å²) in [5.74, 6) is -0.290. The molecule has 27 heavy (non-hydrogen) atoms. The number of amides is 1. The monoisotopic (exact) mass is 408 g/mol. The van der Waals surface area contributed by atoms with Crippen molar-refractivity contribution in [3.63, 3.8) is 0 Å².